The molecule has 0 aromatic heterocycles. The lowest BCUT2D eigenvalue weighted by Gasteiger charge is -2.14. The van der Waals surface area contributed by atoms with Gasteiger partial charge in [0.15, 0.2) is 0 Å². The van der Waals surface area contributed by atoms with Crippen molar-refractivity contribution in [1.82, 2.24) is 10.6 Å². The molecular formula is C35H31N5O5S. The molecule has 232 valence electrons. The van der Waals surface area contributed by atoms with Gasteiger partial charge in [-0.05, 0) is 67.6 Å². The van der Waals surface area contributed by atoms with Crippen LogP contribution in [-0.2, 0) is 14.4 Å². The van der Waals surface area contributed by atoms with Gasteiger partial charge in [-0.3, -0.25) is 19.2 Å². The molecule has 1 aliphatic heterocycles. The number of thioether (sulfide) groups is 1. The van der Waals surface area contributed by atoms with Crippen LogP contribution in [0.4, 0.5) is 11.4 Å². The van der Waals surface area contributed by atoms with Gasteiger partial charge in [0.05, 0.1) is 24.5 Å². The van der Waals surface area contributed by atoms with E-state index < -0.39 is 17.1 Å². The van der Waals surface area contributed by atoms with Gasteiger partial charge in [-0.2, -0.15) is 10.1 Å². The lowest BCUT2D eigenvalue weighted by Crippen LogP contribution is -2.35. The predicted molar refractivity (Wildman–Crippen MR) is 179 cm³/mol. The minimum atomic E-state index is -0.528. The van der Waals surface area contributed by atoms with Crippen LogP contribution in [0.3, 0.4) is 0 Å². The van der Waals surface area contributed by atoms with Gasteiger partial charge < -0.3 is 20.7 Å². The third-order valence-corrected chi connectivity index (χ3v) is 7.92. The average molecular weight is 634 g/mol. The topological polar surface area (TPSA) is 129 Å². The highest BCUT2D eigenvalue weighted by Crippen LogP contribution is 2.26. The molecule has 0 saturated carbocycles. The molecule has 46 heavy (non-hydrogen) atoms. The molecule has 10 nitrogen and oxygen atoms in total. The number of amidine groups is 1. The molecule has 0 spiro atoms. The third-order valence-electron chi connectivity index (χ3n) is 6.81. The number of carbonyl (C=O) groups is 4. The zero-order chi connectivity index (χ0) is 32.5. The number of nitrogens with one attached hydrogen (secondary N) is 3. The Hall–Kier alpha value is -5.68. The third kappa shape index (κ3) is 8.07. The van der Waals surface area contributed by atoms with Crippen molar-refractivity contribution in [1.29, 1.82) is 0 Å². The van der Waals surface area contributed by atoms with Crippen LogP contribution in [0.1, 0.15) is 29.3 Å². The second kappa shape index (κ2) is 14.9. The van der Waals surface area contributed by atoms with E-state index in [1.54, 1.807) is 97.9 Å². The number of hydrazone groups is 1. The summed E-state index contributed by atoms with van der Waals surface area (Å²) in [5.41, 5.74) is 2.17. The molecule has 4 amide bonds. The second-order valence-electron chi connectivity index (χ2n) is 10.1. The largest absolute Gasteiger partial charge is 0.496 e. The molecule has 0 aliphatic carbocycles. The van der Waals surface area contributed by atoms with Crippen molar-refractivity contribution >= 4 is 58.7 Å². The first-order valence-corrected chi connectivity index (χ1v) is 15.2. The van der Waals surface area contributed by atoms with E-state index in [0.29, 0.717) is 34.1 Å². The summed E-state index contributed by atoms with van der Waals surface area (Å²) < 4.78 is 5.42. The number of methoxy groups -OCH3 is 1. The molecule has 0 radical (unpaired) electrons. The maximum absolute atomic E-state index is 13.4. The summed E-state index contributed by atoms with van der Waals surface area (Å²) in [4.78, 5) is 52.4. The van der Waals surface area contributed by atoms with Crippen molar-refractivity contribution in [2.75, 3.05) is 17.4 Å². The van der Waals surface area contributed by atoms with E-state index in [-0.39, 0.29) is 23.9 Å². The Balaban J connectivity index is 1.23. The molecule has 4 aromatic carbocycles. The second-order valence-corrected chi connectivity index (χ2v) is 11.5. The van der Waals surface area contributed by atoms with Crippen LogP contribution in [-0.4, -0.2) is 41.8 Å². The van der Waals surface area contributed by atoms with Gasteiger partial charge in [-0.15, -0.1) is 11.8 Å². The van der Waals surface area contributed by atoms with Crippen LogP contribution in [0.2, 0.25) is 0 Å². The average Bonchev–Trinajstić information content (AvgIpc) is 3.45. The first-order valence-electron chi connectivity index (χ1n) is 14.4. The van der Waals surface area contributed by atoms with Crippen LogP contribution < -0.4 is 25.7 Å². The van der Waals surface area contributed by atoms with Crippen LogP contribution in [0.25, 0.3) is 6.08 Å². The van der Waals surface area contributed by atoms with Gasteiger partial charge in [0.1, 0.15) is 17.3 Å². The molecule has 0 saturated heterocycles. The van der Waals surface area contributed by atoms with E-state index in [1.165, 1.54) is 23.9 Å². The Kier molecular flexibility index (Phi) is 10.3. The Morgan fingerprint density at radius 2 is 1.52 bits per heavy atom. The summed E-state index contributed by atoms with van der Waals surface area (Å²) in [5.74, 6) is -0.636. The number of nitrogens with zero attached hydrogens (tertiary/aromatic N) is 2. The molecule has 1 unspecified atom stereocenters. The Morgan fingerprint density at radius 1 is 0.870 bits per heavy atom. The van der Waals surface area contributed by atoms with Gasteiger partial charge in [0, 0.05) is 21.7 Å². The van der Waals surface area contributed by atoms with Gasteiger partial charge in [-0.1, -0.05) is 54.6 Å². The molecule has 3 N–H and O–H groups in total. The van der Waals surface area contributed by atoms with E-state index >= 15 is 0 Å². The fourth-order valence-corrected chi connectivity index (χ4v) is 5.34. The van der Waals surface area contributed by atoms with Gasteiger partial charge in [-0.25, -0.2) is 0 Å². The van der Waals surface area contributed by atoms with Gasteiger partial charge in [0.25, 0.3) is 17.7 Å². The predicted octanol–water partition coefficient (Wildman–Crippen LogP) is 5.45. The van der Waals surface area contributed by atoms with Crippen molar-refractivity contribution in [2.24, 2.45) is 5.10 Å². The summed E-state index contributed by atoms with van der Waals surface area (Å²) in [6.07, 6.45) is 1.56. The van der Waals surface area contributed by atoms with E-state index in [9.17, 15) is 19.2 Å². The van der Waals surface area contributed by atoms with Crippen molar-refractivity contribution in [3.8, 4) is 5.75 Å². The number of hydrogen-bond acceptors (Lipinski definition) is 7. The smallest absolute Gasteiger partial charge is 0.272 e. The first-order chi connectivity index (χ1) is 22.3. The van der Waals surface area contributed by atoms with Crippen molar-refractivity contribution in [3.63, 3.8) is 0 Å². The number of ether oxygens (including phenoxy) is 1. The molecule has 5 rings (SSSR count). The number of benzene rings is 4. The number of rotatable bonds is 10. The summed E-state index contributed by atoms with van der Waals surface area (Å²) in [5, 5.41) is 13.4. The number of anilines is 2. The maximum atomic E-state index is 13.4. The van der Waals surface area contributed by atoms with E-state index in [4.69, 9.17) is 4.74 Å². The lowest BCUT2D eigenvalue weighted by atomic mass is 10.1. The molecule has 1 heterocycles. The Bertz CT molecular complexity index is 1790. The highest BCUT2D eigenvalue weighted by atomic mass is 32.2. The number of hydrogen-bond donors (Lipinski definition) is 3. The Labute approximate surface area is 270 Å². The van der Waals surface area contributed by atoms with E-state index in [0.717, 1.165) is 4.90 Å². The monoisotopic (exact) mass is 633 g/mol. The number of amides is 4. The van der Waals surface area contributed by atoms with Crippen LogP contribution in [0.15, 0.2) is 125 Å². The molecular weight excluding hydrogens is 602 g/mol. The zero-order valence-corrected chi connectivity index (χ0v) is 25.9. The van der Waals surface area contributed by atoms with E-state index in [1.807, 2.05) is 24.3 Å². The molecule has 0 bridgehead atoms. The molecule has 11 heteroatoms. The standard InChI is InChI=1S/C35H31N5O5S/c1-23(33(42)38-31-22-32(41)40(39-31)27-14-7-4-8-15-27)46-28-19-17-26(18-20-28)36-35(44)29(21-25-13-9-10-16-30(25)45-2)37-34(43)24-11-5-3-6-12-24/h3-21,23H,22H2,1-2H3,(H,36,44)(H,37,43)(H,38,39,42)/b29-21-. The summed E-state index contributed by atoms with van der Waals surface area (Å²) in [7, 11) is 1.53. The minimum absolute atomic E-state index is 0.00566. The van der Waals surface area contributed by atoms with Crippen LogP contribution >= 0.6 is 11.8 Å². The normalized spacial score (nSPS) is 13.4. The molecule has 1 atom stereocenters. The number of carbonyl (C=O) groups excluding carboxylic acids is 4. The Morgan fingerprint density at radius 3 is 2.22 bits per heavy atom. The zero-order valence-electron chi connectivity index (χ0n) is 25.1. The summed E-state index contributed by atoms with van der Waals surface area (Å²) in [6, 6.07) is 31.8. The van der Waals surface area contributed by atoms with Crippen molar-refractivity contribution < 1.29 is 23.9 Å². The van der Waals surface area contributed by atoms with E-state index in [2.05, 4.69) is 21.1 Å². The lowest BCUT2D eigenvalue weighted by molar-refractivity contribution is -0.119. The SMILES string of the molecule is COc1ccccc1/C=C(\NC(=O)c1ccccc1)C(=O)Nc1ccc(SC(C)C(=O)NC2=NN(c3ccccc3)C(=O)C2)cc1. The fraction of sp³-hybridized carbons (Fsp3) is 0.114. The van der Waals surface area contributed by atoms with Crippen molar-refractivity contribution in [3.05, 3.63) is 126 Å². The quantitative estimate of drug-likeness (QED) is 0.157. The van der Waals surface area contributed by atoms with Crippen molar-refractivity contribution in [2.45, 2.75) is 23.5 Å². The highest BCUT2D eigenvalue weighted by molar-refractivity contribution is 8.00. The minimum Gasteiger partial charge on any atom is -0.496 e. The highest BCUT2D eigenvalue weighted by Gasteiger charge is 2.27. The fourth-order valence-electron chi connectivity index (χ4n) is 4.47. The summed E-state index contributed by atoms with van der Waals surface area (Å²) in [6.45, 7) is 1.76. The molecule has 4 aromatic rings. The first kappa shape index (κ1) is 31.7. The molecule has 0 fully saturated rings. The van der Waals surface area contributed by atoms with Gasteiger partial charge in [0.2, 0.25) is 5.91 Å². The van der Waals surface area contributed by atoms with Gasteiger partial charge >= 0.3 is 0 Å². The molecule has 1 aliphatic rings. The van der Waals surface area contributed by atoms with Crippen LogP contribution in [0.5, 0.6) is 5.75 Å². The van der Waals surface area contributed by atoms with Crippen LogP contribution in [0, 0.1) is 0 Å². The number of para-hydroxylation sites is 2. The maximum Gasteiger partial charge on any atom is 0.272 e. The summed E-state index contributed by atoms with van der Waals surface area (Å²) >= 11 is 1.32.